The number of nitrogens with zero attached hydrogens (tertiary/aromatic N) is 2. The maximum absolute atomic E-state index is 12.2. The number of anilines is 1. The molecule has 0 atom stereocenters. The van der Waals surface area contributed by atoms with Crippen LogP contribution in [-0.4, -0.2) is 63.0 Å². The maximum atomic E-state index is 12.2. The number of H-pyrrole nitrogens is 1. The molecule has 3 heterocycles. The van der Waals surface area contributed by atoms with Gasteiger partial charge in [0.2, 0.25) is 0 Å². The third-order valence-corrected chi connectivity index (χ3v) is 6.92. The number of nitrogens with one attached hydrogen (secondary N) is 1. The Hall–Kier alpha value is -3.98. The number of aromatic amines is 1. The van der Waals surface area contributed by atoms with Crippen molar-refractivity contribution in [2.24, 2.45) is 0 Å². The van der Waals surface area contributed by atoms with Crippen LogP contribution in [-0.2, 0) is 11.2 Å². The molecule has 37 heavy (non-hydrogen) atoms. The molecule has 9 heteroatoms. The molecular weight excluding hydrogens is 474 g/mol. The highest BCUT2D eigenvalue weighted by Crippen LogP contribution is 2.29. The number of methoxy groups -OCH3 is 2. The van der Waals surface area contributed by atoms with Gasteiger partial charge in [0, 0.05) is 60.8 Å². The van der Waals surface area contributed by atoms with Gasteiger partial charge in [-0.15, -0.1) is 0 Å². The number of hydrogen-bond donors (Lipinski definition) is 1. The van der Waals surface area contributed by atoms with Crippen LogP contribution in [0.4, 0.5) is 10.5 Å². The lowest BCUT2D eigenvalue weighted by Gasteiger charge is -2.36. The first kappa shape index (κ1) is 24.7. The highest BCUT2D eigenvalue weighted by molar-refractivity contribution is 5.91. The van der Waals surface area contributed by atoms with E-state index in [1.165, 1.54) is 12.7 Å². The average Bonchev–Trinajstić information content (AvgIpc) is 3.32. The lowest BCUT2D eigenvalue weighted by Crippen LogP contribution is -2.46. The topological polar surface area (TPSA) is 97.2 Å². The summed E-state index contributed by atoms with van der Waals surface area (Å²) in [7, 11) is 2.89. The molecule has 0 saturated carbocycles. The predicted molar refractivity (Wildman–Crippen MR) is 142 cm³/mol. The molecule has 0 bridgehead atoms. The van der Waals surface area contributed by atoms with Crippen LogP contribution in [0, 0.1) is 0 Å². The van der Waals surface area contributed by atoms with Crippen LogP contribution in [0.15, 0.2) is 57.9 Å². The van der Waals surface area contributed by atoms with Gasteiger partial charge in [-0.1, -0.05) is 0 Å². The van der Waals surface area contributed by atoms with Crippen molar-refractivity contribution in [3.63, 3.8) is 0 Å². The average molecular weight is 506 g/mol. The molecule has 1 fully saturated rings. The number of hydrogen-bond acceptors (Lipinski definition) is 8. The van der Waals surface area contributed by atoms with E-state index < -0.39 is 6.16 Å². The maximum Gasteiger partial charge on any atom is 0.513 e. The number of carbonyl (C=O) groups excluding carboxylic acids is 1. The Kier molecular flexibility index (Phi) is 7.32. The molecule has 1 aliphatic heterocycles. The zero-order valence-electron chi connectivity index (χ0n) is 21.1. The zero-order chi connectivity index (χ0) is 25.8. The molecule has 1 N–H and O–H groups in total. The van der Waals surface area contributed by atoms with Gasteiger partial charge in [0.15, 0.2) is 0 Å². The molecule has 9 nitrogen and oxygen atoms in total. The minimum absolute atomic E-state index is 0.348. The number of rotatable bonds is 8. The van der Waals surface area contributed by atoms with Crippen molar-refractivity contribution < 1.29 is 23.4 Å². The fourth-order valence-electron chi connectivity index (χ4n) is 4.94. The first-order valence-corrected chi connectivity index (χ1v) is 12.5. The molecule has 2 aromatic heterocycles. The molecule has 0 radical (unpaired) electrons. The van der Waals surface area contributed by atoms with Gasteiger partial charge in [-0.2, -0.15) is 0 Å². The van der Waals surface area contributed by atoms with Crippen molar-refractivity contribution in [1.29, 1.82) is 0 Å². The molecule has 0 unspecified atom stereocenters. The molecule has 0 aliphatic carbocycles. The van der Waals surface area contributed by atoms with E-state index in [0.29, 0.717) is 17.1 Å². The van der Waals surface area contributed by atoms with Crippen LogP contribution in [0.25, 0.3) is 21.9 Å². The Labute approximate surface area is 214 Å². The summed E-state index contributed by atoms with van der Waals surface area (Å²) in [5.41, 5.74) is 3.35. The molecule has 1 saturated heterocycles. The molecular formula is C28H31N3O6. The summed E-state index contributed by atoms with van der Waals surface area (Å²) in [6.07, 6.45) is 4.39. The number of ether oxygens (including phenoxy) is 3. The fraction of sp³-hybridized carbons (Fsp3) is 0.357. The minimum atomic E-state index is -0.722. The van der Waals surface area contributed by atoms with Gasteiger partial charge in [-0.05, 0) is 61.7 Å². The molecule has 4 aromatic rings. The van der Waals surface area contributed by atoms with Crippen LogP contribution in [0.3, 0.4) is 0 Å². The van der Waals surface area contributed by atoms with Crippen LogP contribution in [0.2, 0.25) is 0 Å². The Balaban J connectivity index is 1.14. The first-order valence-electron chi connectivity index (χ1n) is 12.5. The van der Waals surface area contributed by atoms with Crippen molar-refractivity contribution in [3.05, 3.63) is 64.6 Å². The second-order valence-corrected chi connectivity index (χ2v) is 9.18. The third kappa shape index (κ3) is 5.56. The quantitative estimate of drug-likeness (QED) is 0.161. The summed E-state index contributed by atoms with van der Waals surface area (Å²) < 4.78 is 20.4. The van der Waals surface area contributed by atoms with E-state index in [1.54, 1.807) is 25.3 Å². The van der Waals surface area contributed by atoms with E-state index in [9.17, 15) is 9.59 Å². The minimum Gasteiger partial charge on any atom is -0.497 e. The van der Waals surface area contributed by atoms with Crippen molar-refractivity contribution in [3.8, 4) is 11.5 Å². The molecule has 1 aliphatic rings. The van der Waals surface area contributed by atoms with Crippen molar-refractivity contribution in [2.45, 2.75) is 19.3 Å². The SMILES string of the molecule is COC(=O)Oc1ccc2[nH]cc(CCCCN3CCN(c4cc(=O)oc5cc(OC)ccc45)CC3)c2c1. The number of aryl methyl sites for hydroxylation is 1. The highest BCUT2D eigenvalue weighted by atomic mass is 16.7. The number of piperazine rings is 1. The number of unbranched alkanes of at least 4 members (excludes halogenated alkanes) is 1. The van der Waals surface area contributed by atoms with Gasteiger partial charge >= 0.3 is 11.8 Å². The second kappa shape index (κ2) is 11.0. The Bertz CT molecular complexity index is 1450. The van der Waals surface area contributed by atoms with E-state index >= 15 is 0 Å². The Morgan fingerprint density at radius 2 is 1.78 bits per heavy atom. The Morgan fingerprint density at radius 1 is 0.973 bits per heavy atom. The van der Waals surface area contributed by atoms with Gasteiger partial charge in [0.05, 0.1) is 19.9 Å². The van der Waals surface area contributed by atoms with Crippen LogP contribution in [0.5, 0.6) is 11.5 Å². The third-order valence-electron chi connectivity index (χ3n) is 6.92. The normalized spacial score (nSPS) is 14.3. The number of carbonyl (C=O) groups is 1. The van der Waals surface area contributed by atoms with Gasteiger partial charge < -0.3 is 28.5 Å². The van der Waals surface area contributed by atoms with Gasteiger partial charge in [0.1, 0.15) is 17.1 Å². The van der Waals surface area contributed by atoms with Gasteiger partial charge in [-0.3, -0.25) is 4.90 Å². The van der Waals surface area contributed by atoms with Crippen LogP contribution >= 0.6 is 0 Å². The van der Waals surface area contributed by atoms with Crippen molar-refractivity contribution in [1.82, 2.24) is 9.88 Å². The summed E-state index contributed by atoms with van der Waals surface area (Å²) in [6, 6.07) is 12.7. The fourth-order valence-corrected chi connectivity index (χ4v) is 4.94. The van der Waals surface area contributed by atoms with E-state index in [4.69, 9.17) is 13.9 Å². The number of aromatic nitrogens is 1. The summed E-state index contributed by atoms with van der Waals surface area (Å²) in [5, 5.41) is 1.99. The molecule has 194 valence electrons. The molecule has 0 spiro atoms. The standard InChI is InChI=1S/C28H31N3O6/c1-34-20-6-8-22-25(17-27(32)37-26(22)16-20)31-13-11-30(12-14-31)10-4-3-5-19-18-29-24-9-7-21(15-23(19)24)36-28(33)35-2/h6-9,15-18,29H,3-5,10-14H2,1-2H3. The molecule has 5 rings (SSSR count). The Morgan fingerprint density at radius 3 is 2.57 bits per heavy atom. The zero-order valence-corrected chi connectivity index (χ0v) is 21.1. The van der Waals surface area contributed by atoms with E-state index in [1.807, 2.05) is 30.5 Å². The summed E-state index contributed by atoms with van der Waals surface area (Å²) in [5.74, 6) is 1.14. The summed E-state index contributed by atoms with van der Waals surface area (Å²) >= 11 is 0. The monoisotopic (exact) mass is 505 g/mol. The first-order chi connectivity index (χ1) is 18.0. The van der Waals surface area contributed by atoms with Crippen LogP contribution in [0.1, 0.15) is 18.4 Å². The number of fused-ring (bicyclic) bond motifs is 2. The van der Waals surface area contributed by atoms with Crippen molar-refractivity contribution >= 4 is 33.7 Å². The van der Waals surface area contributed by atoms with Gasteiger partial charge in [-0.25, -0.2) is 9.59 Å². The van der Waals surface area contributed by atoms with E-state index in [0.717, 1.165) is 74.0 Å². The van der Waals surface area contributed by atoms with Crippen molar-refractivity contribution in [2.75, 3.05) is 51.8 Å². The highest BCUT2D eigenvalue weighted by Gasteiger charge is 2.20. The smallest absolute Gasteiger partial charge is 0.497 e. The second-order valence-electron chi connectivity index (χ2n) is 9.18. The lowest BCUT2D eigenvalue weighted by molar-refractivity contribution is 0.121. The molecule has 0 amide bonds. The van der Waals surface area contributed by atoms with E-state index in [-0.39, 0.29) is 5.63 Å². The summed E-state index contributed by atoms with van der Waals surface area (Å²) in [6.45, 7) is 4.63. The number of benzene rings is 2. The molecule has 2 aromatic carbocycles. The summed E-state index contributed by atoms with van der Waals surface area (Å²) in [4.78, 5) is 31.6. The predicted octanol–water partition coefficient (Wildman–Crippen LogP) is 4.57. The van der Waals surface area contributed by atoms with Gasteiger partial charge in [0.25, 0.3) is 0 Å². The largest absolute Gasteiger partial charge is 0.513 e. The van der Waals surface area contributed by atoms with E-state index in [2.05, 4.69) is 19.5 Å². The lowest BCUT2D eigenvalue weighted by atomic mass is 10.1. The van der Waals surface area contributed by atoms with Crippen LogP contribution < -0.4 is 20.0 Å².